The van der Waals surface area contributed by atoms with Crippen LogP contribution in [0.5, 0.6) is 0 Å². The van der Waals surface area contributed by atoms with Crippen LogP contribution in [0.25, 0.3) is 0 Å². The van der Waals surface area contributed by atoms with Crippen molar-refractivity contribution in [3.05, 3.63) is 53.7 Å². The lowest BCUT2D eigenvalue weighted by molar-refractivity contribution is -0.137. The van der Waals surface area contributed by atoms with E-state index in [1.807, 2.05) is 19.0 Å². The molecular weight excluding hydrogens is 345 g/mol. The minimum absolute atomic E-state index is 0.221. The Morgan fingerprint density at radius 1 is 1.15 bits per heavy atom. The van der Waals surface area contributed by atoms with E-state index >= 15 is 0 Å². The number of anilines is 2. The highest BCUT2D eigenvalue weighted by Crippen LogP contribution is 2.30. The number of carbonyl (C=O) groups is 1. The first-order chi connectivity index (χ1) is 12.3. The standard InChI is InChI=1S/C18H21F3N4O/c1-25(2)11-3-9-23-17(26)13-8-10-22-16(12-13)24-15-6-4-14(5-7-15)18(19,20)21/h4-8,10,12H,3,9,11H2,1-2H3,(H,22,24)(H,23,26). The number of carbonyl (C=O) groups excluding carboxylic acids is 1. The van der Waals surface area contributed by atoms with E-state index in [0.717, 1.165) is 25.1 Å². The third-order valence-electron chi connectivity index (χ3n) is 3.57. The van der Waals surface area contributed by atoms with E-state index in [4.69, 9.17) is 0 Å². The molecule has 0 atom stereocenters. The van der Waals surface area contributed by atoms with Crippen molar-refractivity contribution in [3.63, 3.8) is 0 Å². The summed E-state index contributed by atoms with van der Waals surface area (Å²) in [4.78, 5) is 18.3. The van der Waals surface area contributed by atoms with Gasteiger partial charge in [-0.05, 0) is 63.5 Å². The molecule has 0 spiro atoms. The van der Waals surface area contributed by atoms with Crippen LogP contribution in [0.1, 0.15) is 22.3 Å². The molecule has 26 heavy (non-hydrogen) atoms. The van der Waals surface area contributed by atoms with E-state index in [-0.39, 0.29) is 5.91 Å². The van der Waals surface area contributed by atoms with Crippen LogP contribution in [-0.4, -0.2) is 43.0 Å². The quantitative estimate of drug-likeness (QED) is 0.736. The summed E-state index contributed by atoms with van der Waals surface area (Å²) >= 11 is 0. The molecule has 2 aromatic rings. The predicted molar refractivity (Wildman–Crippen MR) is 94.5 cm³/mol. The second-order valence-electron chi connectivity index (χ2n) is 6.04. The summed E-state index contributed by atoms with van der Waals surface area (Å²) in [5.74, 6) is 0.160. The zero-order valence-electron chi connectivity index (χ0n) is 14.6. The molecule has 0 saturated carbocycles. The average molecular weight is 366 g/mol. The largest absolute Gasteiger partial charge is 0.416 e. The van der Waals surface area contributed by atoms with Crippen molar-refractivity contribution in [2.75, 3.05) is 32.5 Å². The van der Waals surface area contributed by atoms with Gasteiger partial charge in [-0.25, -0.2) is 4.98 Å². The number of amides is 1. The number of alkyl halides is 3. The SMILES string of the molecule is CN(C)CCCNC(=O)c1ccnc(Nc2ccc(C(F)(F)F)cc2)c1. The Kier molecular flexibility index (Phi) is 6.57. The highest BCUT2D eigenvalue weighted by atomic mass is 19.4. The van der Waals surface area contributed by atoms with Gasteiger partial charge < -0.3 is 15.5 Å². The minimum Gasteiger partial charge on any atom is -0.352 e. The molecule has 0 radical (unpaired) electrons. The molecule has 0 unspecified atom stereocenters. The smallest absolute Gasteiger partial charge is 0.352 e. The predicted octanol–water partition coefficient (Wildman–Crippen LogP) is 3.53. The van der Waals surface area contributed by atoms with E-state index < -0.39 is 11.7 Å². The number of halogens is 3. The van der Waals surface area contributed by atoms with E-state index in [0.29, 0.717) is 23.6 Å². The van der Waals surface area contributed by atoms with Crippen LogP contribution < -0.4 is 10.6 Å². The van der Waals surface area contributed by atoms with Gasteiger partial charge in [-0.3, -0.25) is 4.79 Å². The fourth-order valence-corrected chi connectivity index (χ4v) is 2.23. The van der Waals surface area contributed by atoms with Crippen LogP contribution in [0.15, 0.2) is 42.6 Å². The van der Waals surface area contributed by atoms with Crippen molar-refractivity contribution in [1.82, 2.24) is 15.2 Å². The average Bonchev–Trinajstić information content (AvgIpc) is 2.58. The van der Waals surface area contributed by atoms with E-state index in [1.165, 1.54) is 18.3 Å². The summed E-state index contributed by atoms with van der Waals surface area (Å²) < 4.78 is 37.7. The van der Waals surface area contributed by atoms with Gasteiger partial charge in [-0.15, -0.1) is 0 Å². The summed E-state index contributed by atoms with van der Waals surface area (Å²) in [6, 6.07) is 7.75. The van der Waals surface area contributed by atoms with Gasteiger partial charge in [-0.2, -0.15) is 13.2 Å². The lowest BCUT2D eigenvalue weighted by atomic mass is 10.2. The van der Waals surface area contributed by atoms with Crippen molar-refractivity contribution in [2.45, 2.75) is 12.6 Å². The van der Waals surface area contributed by atoms with Crippen molar-refractivity contribution in [2.24, 2.45) is 0 Å². The Balaban J connectivity index is 1.97. The van der Waals surface area contributed by atoms with Crippen molar-refractivity contribution >= 4 is 17.4 Å². The molecule has 2 rings (SSSR count). The van der Waals surface area contributed by atoms with Crippen LogP contribution in [0.2, 0.25) is 0 Å². The Morgan fingerprint density at radius 3 is 2.46 bits per heavy atom. The van der Waals surface area contributed by atoms with Gasteiger partial charge in [0.2, 0.25) is 0 Å². The third kappa shape index (κ3) is 6.03. The van der Waals surface area contributed by atoms with E-state index in [1.54, 1.807) is 12.1 Å². The highest BCUT2D eigenvalue weighted by molar-refractivity contribution is 5.94. The molecule has 1 aromatic heterocycles. The van der Waals surface area contributed by atoms with Gasteiger partial charge >= 0.3 is 6.18 Å². The van der Waals surface area contributed by atoms with Gasteiger partial charge in [0, 0.05) is 24.0 Å². The number of hydrogen-bond acceptors (Lipinski definition) is 4. The third-order valence-corrected chi connectivity index (χ3v) is 3.57. The van der Waals surface area contributed by atoms with Crippen molar-refractivity contribution < 1.29 is 18.0 Å². The maximum absolute atomic E-state index is 12.6. The molecule has 1 amide bonds. The number of hydrogen-bond donors (Lipinski definition) is 2. The second kappa shape index (κ2) is 8.66. The van der Waals surface area contributed by atoms with Gasteiger partial charge in [0.1, 0.15) is 5.82 Å². The number of benzene rings is 1. The zero-order chi connectivity index (χ0) is 19.2. The minimum atomic E-state index is -4.37. The molecule has 0 bridgehead atoms. The van der Waals surface area contributed by atoms with Crippen LogP contribution in [0.4, 0.5) is 24.7 Å². The normalized spacial score (nSPS) is 11.5. The maximum Gasteiger partial charge on any atom is 0.416 e. The molecule has 0 aliphatic rings. The first-order valence-electron chi connectivity index (χ1n) is 8.09. The molecule has 1 aromatic carbocycles. The number of pyridine rings is 1. The molecule has 0 saturated heterocycles. The summed E-state index contributed by atoms with van der Waals surface area (Å²) in [5.41, 5.74) is 0.162. The number of rotatable bonds is 7. The molecule has 0 aliphatic carbocycles. The molecular formula is C18H21F3N4O. The van der Waals surface area contributed by atoms with Gasteiger partial charge in [0.15, 0.2) is 0 Å². The highest BCUT2D eigenvalue weighted by Gasteiger charge is 2.29. The second-order valence-corrected chi connectivity index (χ2v) is 6.04. The fourth-order valence-electron chi connectivity index (χ4n) is 2.23. The Morgan fingerprint density at radius 2 is 1.85 bits per heavy atom. The van der Waals surface area contributed by atoms with Gasteiger partial charge in [0.25, 0.3) is 5.91 Å². The molecule has 140 valence electrons. The summed E-state index contributed by atoms with van der Waals surface area (Å²) in [6.45, 7) is 1.43. The van der Waals surface area contributed by atoms with Crippen LogP contribution >= 0.6 is 0 Å². The van der Waals surface area contributed by atoms with Crippen LogP contribution in [0.3, 0.4) is 0 Å². The molecule has 0 aliphatic heterocycles. The lowest BCUT2D eigenvalue weighted by Gasteiger charge is -2.11. The fraction of sp³-hybridized carbons (Fsp3) is 0.333. The molecule has 2 N–H and O–H groups in total. The molecule has 1 heterocycles. The van der Waals surface area contributed by atoms with E-state index in [9.17, 15) is 18.0 Å². The van der Waals surface area contributed by atoms with Crippen LogP contribution in [0, 0.1) is 0 Å². The summed E-state index contributed by atoms with van der Waals surface area (Å²) in [7, 11) is 3.92. The number of aromatic nitrogens is 1. The Hall–Kier alpha value is -2.61. The first-order valence-corrected chi connectivity index (χ1v) is 8.09. The summed E-state index contributed by atoms with van der Waals surface area (Å²) in [6.07, 6.45) is -2.07. The van der Waals surface area contributed by atoms with Gasteiger partial charge in [-0.1, -0.05) is 0 Å². The number of nitrogens with zero attached hydrogens (tertiary/aromatic N) is 2. The monoisotopic (exact) mass is 366 g/mol. The lowest BCUT2D eigenvalue weighted by Crippen LogP contribution is -2.27. The number of nitrogens with one attached hydrogen (secondary N) is 2. The molecule has 8 heteroatoms. The van der Waals surface area contributed by atoms with Gasteiger partial charge in [0.05, 0.1) is 5.56 Å². The molecule has 5 nitrogen and oxygen atoms in total. The van der Waals surface area contributed by atoms with Crippen LogP contribution in [-0.2, 0) is 6.18 Å². The summed E-state index contributed by atoms with van der Waals surface area (Å²) in [5, 5.41) is 5.72. The first kappa shape index (κ1) is 19.7. The topological polar surface area (TPSA) is 57.3 Å². The molecule has 0 fully saturated rings. The maximum atomic E-state index is 12.6. The van der Waals surface area contributed by atoms with E-state index in [2.05, 4.69) is 15.6 Å². The van der Waals surface area contributed by atoms with Crippen molar-refractivity contribution in [3.8, 4) is 0 Å². The van der Waals surface area contributed by atoms with Crippen molar-refractivity contribution in [1.29, 1.82) is 0 Å². The Labute approximate surface area is 150 Å². The zero-order valence-corrected chi connectivity index (χ0v) is 14.6. The Bertz CT molecular complexity index is 730.